The number of benzene rings is 3. The lowest BCUT2D eigenvalue weighted by molar-refractivity contribution is -0.127. The van der Waals surface area contributed by atoms with E-state index in [0.717, 1.165) is 32.1 Å². The van der Waals surface area contributed by atoms with E-state index in [4.69, 9.17) is 0 Å². The molecule has 3 aromatic carbocycles. The number of carbonyl (C=O) groups is 2. The lowest BCUT2D eigenvalue weighted by Crippen LogP contribution is -2.48. The van der Waals surface area contributed by atoms with E-state index < -0.39 is 23.6 Å². The zero-order valence-electron chi connectivity index (χ0n) is 20.7. The number of aromatic hydroxyl groups is 3. The molecule has 0 spiro atoms. The number of rotatable bonds is 7. The Morgan fingerprint density at radius 1 is 0.947 bits per heavy atom. The van der Waals surface area contributed by atoms with E-state index in [0.29, 0.717) is 16.6 Å². The molecule has 1 fully saturated rings. The largest absolute Gasteiger partial charge is 0.508 e. The molecular weight excluding hydrogens is 486 g/mol. The summed E-state index contributed by atoms with van der Waals surface area (Å²) in [5.74, 6) is -1.75. The summed E-state index contributed by atoms with van der Waals surface area (Å²) >= 11 is 0. The van der Waals surface area contributed by atoms with Crippen LogP contribution in [0.5, 0.6) is 17.2 Å². The average Bonchev–Trinajstić information content (AvgIpc) is 3.32. The highest BCUT2D eigenvalue weighted by atomic mass is 16.3. The molecule has 0 bridgehead atoms. The van der Waals surface area contributed by atoms with Gasteiger partial charge in [-0.2, -0.15) is 0 Å². The molecule has 1 aliphatic carbocycles. The van der Waals surface area contributed by atoms with Gasteiger partial charge in [-0.1, -0.05) is 48.7 Å². The van der Waals surface area contributed by atoms with Crippen LogP contribution in [0.2, 0.25) is 0 Å². The third kappa shape index (κ3) is 5.24. The summed E-state index contributed by atoms with van der Waals surface area (Å²) in [6, 6.07) is 16.1. The molecule has 0 radical (unpaired) electrons. The summed E-state index contributed by atoms with van der Waals surface area (Å²) in [5, 5.41) is 41.7. The van der Waals surface area contributed by atoms with Crippen LogP contribution in [-0.4, -0.2) is 48.2 Å². The van der Waals surface area contributed by atoms with E-state index in [1.807, 2.05) is 12.1 Å². The van der Waals surface area contributed by atoms with Gasteiger partial charge in [-0.25, -0.2) is 4.68 Å². The fourth-order valence-corrected chi connectivity index (χ4v) is 4.97. The first kappa shape index (κ1) is 25.1. The zero-order valence-corrected chi connectivity index (χ0v) is 20.7. The molecule has 2 amide bonds. The second kappa shape index (κ2) is 10.8. The number of carbonyl (C=O) groups excluding carboxylic acids is 2. The Bertz CT molecular complexity index is 1460. The fourth-order valence-electron chi connectivity index (χ4n) is 4.97. The van der Waals surface area contributed by atoms with Gasteiger partial charge in [0.1, 0.15) is 23.9 Å². The van der Waals surface area contributed by atoms with Crippen molar-refractivity contribution >= 4 is 28.5 Å². The minimum atomic E-state index is -1.20. The minimum Gasteiger partial charge on any atom is -0.508 e. The lowest BCUT2D eigenvalue weighted by atomic mass is 9.94. The smallest absolute Gasteiger partial charge is 0.249 e. The van der Waals surface area contributed by atoms with Crippen molar-refractivity contribution in [1.82, 2.24) is 20.3 Å². The van der Waals surface area contributed by atoms with E-state index in [1.165, 1.54) is 39.9 Å². The molecule has 10 nitrogen and oxygen atoms in total. The van der Waals surface area contributed by atoms with Gasteiger partial charge in [0.2, 0.25) is 11.8 Å². The molecule has 38 heavy (non-hydrogen) atoms. The molecule has 1 aromatic heterocycles. The van der Waals surface area contributed by atoms with Gasteiger partial charge in [0.15, 0.2) is 11.5 Å². The molecule has 10 heteroatoms. The first-order valence-electron chi connectivity index (χ1n) is 12.6. The molecule has 4 aromatic rings. The van der Waals surface area contributed by atoms with E-state index >= 15 is 0 Å². The van der Waals surface area contributed by atoms with Crippen molar-refractivity contribution in [3.63, 3.8) is 0 Å². The summed E-state index contributed by atoms with van der Waals surface area (Å²) in [5.41, 5.74) is 1.87. The van der Waals surface area contributed by atoms with Crippen LogP contribution < -0.4 is 10.2 Å². The van der Waals surface area contributed by atoms with Crippen molar-refractivity contribution in [2.24, 2.45) is 0 Å². The molecule has 0 unspecified atom stereocenters. The zero-order chi connectivity index (χ0) is 26.6. The Balaban J connectivity index is 1.58. The summed E-state index contributed by atoms with van der Waals surface area (Å²) < 4.78 is 1.46. The highest BCUT2D eigenvalue weighted by Gasteiger charge is 2.35. The van der Waals surface area contributed by atoms with Crippen molar-refractivity contribution in [2.45, 2.75) is 50.7 Å². The van der Waals surface area contributed by atoms with Crippen molar-refractivity contribution in [3.8, 4) is 17.2 Å². The van der Waals surface area contributed by atoms with Crippen LogP contribution in [0.1, 0.15) is 43.7 Å². The number of anilines is 1. The van der Waals surface area contributed by atoms with Crippen LogP contribution in [0.4, 0.5) is 5.69 Å². The lowest BCUT2D eigenvalue weighted by Gasteiger charge is -2.33. The number of amides is 2. The topological polar surface area (TPSA) is 141 Å². The van der Waals surface area contributed by atoms with Gasteiger partial charge in [0, 0.05) is 17.8 Å². The van der Waals surface area contributed by atoms with E-state index in [1.54, 1.807) is 24.3 Å². The molecule has 1 aliphatic rings. The normalized spacial score (nSPS) is 14.7. The Hall–Kier alpha value is -4.60. The third-order valence-electron chi connectivity index (χ3n) is 6.86. The monoisotopic (exact) mass is 515 g/mol. The minimum absolute atomic E-state index is 0.0372. The molecule has 196 valence electrons. The summed E-state index contributed by atoms with van der Waals surface area (Å²) in [6.45, 7) is -0.229. The number of phenolic OH excluding ortho intramolecular Hbond substituents is 3. The standard InChI is InChI=1S/C28H29N5O5/c34-21-10-6-9-20(16-21)33(26(37)17-32-23-12-5-4-11-22(23)30-31-32)27(18-13-14-24(35)25(36)15-18)28(38)29-19-7-2-1-3-8-19/h4-6,9-16,19,27,34-36H,1-3,7-8,17H2,(H,29,38)/t27-/m0/s1. The molecule has 1 saturated carbocycles. The van der Waals surface area contributed by atoms with Crippen LogP contribution in [0.25, 0.3) is 11.0 Å². The number of nitrogens with one attached hydrogen (secondary N) is 1. The number of hydrogen-bond acceptors (Lipinski definition) is 7. The van der Waals surface area contributed by atoms with Crippen LogP contribution in [0.3, 0.4) is 0 Å². The Morgan fingerprint density at radius 3 is 2.50 bits per heavy atom. The number of phenols is 3. The van der Waals surface area contributed by atoms with E-state index in [-0.39, 0.29) is 29.8 Å². The van der Waals surface area contributed by atoms with Crippen LogP contribution in [0, 0.1) is 0 Å². The molecule has 0 aliphatic heterocycles. The van der Waals surface area contributed by atoms with Crippen LogP contribution in [0.15, 0.2) is 66.7 Å². The number of hydrogen-bond donors (Lipinski definition) is 4. The average molecular weight is 516 g/mol. The van der Waals surface area contributed by atoms with Gasteiger partial charge in [-0.05, 0) is 54.8 Å². The Morgan fingerprint density at radius 2 is 1.74 bits per heavy atom. The second-order valence-corrected chi connectivity index (χ2v) is 9.51. The number of fused-ring (bicyclic) bond motifs is 1. The summed E-state index contributed by atoms with van der Waals surface area (Å²) in [4.78, 5) is 29.2. The van der Waals surface area contributed by atoms with Crippen LogP contribution in [-0.2, 0) is 16.1 Å². The summed E-state index contributed by atoms with van der Waals surface area (Å²) in [6.07, 6.45) is 4.80. The maximum absolute atomic E-state index is 14.0. The first-order chi connectivity index (χ1) is 18.4. The van der Waals surface area contributed by atoms with Gasteiger partial charge >= 0.3 is 0 Å². The van der Waals surface area contributed by atoms with Crippen molar-refractivity contribution < 1.29 is 24.9 Å². The third-order valence-corrected chi connectivity index (χ3v) is 6.86. The highest BCUT2D eigenvalue weighted by Crippen LogP contribution is 2.35. The second-order valence-electron chi connectivity index (χ2n) is 9.51. The molecule has 0 saturated heterocycles. The van der Waals surface area contributed by atoms with Gasteiger partial charge in [0.25, 0.3) is 0 Å². The van der Waals surface area contributed by atoms with Gasteiger partial charge in [-0.3, -0.25) is 14.5 Å². The summed E-state index contributed by atoms with van der Waals surface area (Å²) in [7, 11) is 0. The first-order valence-corrected chi connectivity index (χ1v) is 12.6. The number of aromatic nitrogens is 3. The number of nitrogens with zero attached hydrogens (tertiary/aromatic N) is 4. The molecule has 5 rings (SSSR count). The van der Waals surface area contributed by atoms with Gasteiger partial charge in [0.05, 0.1) is 5.52 Å². The van der Waals surface area contributed by atoms with E-state index in [9.17, 15) is 24.9 Å². The molecule has 1 heterocycles. The predicted molar refractivity (Wildman–Crippen MR) is 141 cm³/mol. The van der Waals surface area contributed by atoms with Crippen LogP contribution >= 0.6 is 0 Å². The maximum atomic E-state index is 14.0. The van der Waals surface area contributed by atoms with E-state index in [2.05, 4.69) is 15.6 Å². The van der Waals surface area contributed by atoms with Crippen molar-refractivity contribution in [2.75, 3.05) is 4.90 Å². The maximum Gasteiger partial charge on any atom is 0.249 e. The molecule has 1 atom stereocenters. The predicted octanol–water partition coefficient (Wildman–Crippen LogP) is 3.77. The van der Waals surface area contributed by atoms with Crippen molar-refractivity contribution in [3.05, 3.63) is 72.3 Å². The molecular formula is C28H29N5O5. The van der Waals surface area contributed by atoms with Crippen molar-refractivity contribution in [1.29, 1.82) is 0 Å². The Kier molecular flexibility index (Phi) is 7.12. The van der Waals surface area contributed by atoms with Gasteiger partial charge < -0.3 is 20.6 Å². The van der Waals surface area contributed by atoms with Gasteiger partial charge in [-0.15, -0.1) is 5.10 Å². The molecule has 4 N–H and O–H groups in total. The SMILES string of the molecule is O=C(NC1CCCCC1)[C@H](c1ccc(O)c(O)c1)N(C(=O)Cn1nnc2ccccc21)c1cccc(O)c1. The fraction of sp³-hybridized carbons (Fsp3) is 0.286. The highest BCUT2D eigenvalue weighted by molar-refractivity contribution is 6.01. The number of para-hydroxylation sites is 1. The Labute approximate surface area is 219 Å². The quantitative estimate of drug-likeness (QED) is 0.275.